The van der Waals surface area contributed by atoms with Crippen molar-refractivity contribution >= 4 is 52.2 Å². The number of carbonyl (C=O) groups is 5. The van der Waals surface area contributed by atoms with Gasteiger partial charge in [0.15, 0.2) is 5.78 Å². The molecule has 372 valence electrons. The van der Waals surface area contributed by atoms with Crippen LogP contribution in [-0.2, 0) is 50.7 Å². The molecule has 0 aromatic heterocycles. The maximum Gasteiger partial charge on any atom is 0.329 e. The Bertz CT molecular complexity index is 1780. The number of rotatable bonds is 7. The van der Waals surface area contributed by atoms with Gasteiger partial charge in [0, 0.05) is 58.5 Å². The number of nitrogens with zero attached hydrogens (tertiary/aromatic N) is 1. The number of Topliss-reactive ketones (excluding diaryl/α,β-unsaturated/α-hetero) is 3. The molecule has 0 radical (unpaired) electrons. The van der Waals surface area contributed by atoms with Crippen molar-refractivity contribution < 1.29 is 60.9 Å². The van der Waals surface area contributed by atoms with Crippen molar-refractivity contribution in [1.82, 2.24) is 4.90 Å². The van der Waals surface area contributed by atoms with Crippen molar-refractivity contribution in [2.75, 3.05) is 27.9 Å². The number of amides is 1. The van der Waals surface area contributed by atoms with Crippen molar-refractivity contribution in [3.8, 4) is 0 Å². The van der Waals surface area contributed by atoms with E-state index in [0.717, 1.165) is 24.8 Å². The highest BCUT2D eigenvalue weighted by atomic mass is 127. The number of aliphatic hydroxyl groups excluding tert-OH is 1. The molecule has 1 aliphatic carbocycles. The average molecular weight is 1040 g/mol. The summed E-state index contributed by atoms with van der Waals surface area (Å²) in [7, 11) is 4.63. The molecule has 0 aromatic rings. The lowest BCUT2D eigenvalue weighted by Crippen LogP contribution is -2.61. The van der Waals surface area contributed by atoms with Crippen molar-refractivity contribution in [3.63, 3.8) is 0 Å². The molecule has 4 rings (SSSR count). The SMILES string of the molecule is CO[C@H]1C[C@@H]2CC[C@@H](C)[C@@](O)(O2)C(=O)C(=O)N2CCCC[C@H]2C(=O)O[C@H]([C@H](C)C[C@@H]2CC[C@@H](OI)[C@H](OC)C2)CC(=O)[C@H](C)/C=C(\C)[C@@H](O)[C@@H](OC)C(=O)[C@H](C)C[C@H](C)/C=C/C=C/C=C/1C. The third kappa shape index (κ3) is 14.7. The van der Waals surface area contributed by atoms with Gasteiger partial charge in [0.1, 0.15) is 53.1 Å². The maximum absolute atomic E-state index is 14.4. The van der Waals surface area contributed by atoms with Crippen LogP contribution in [0.5, 0.6) is 0 Å². The van der Waals surface area contributed by atoms with E-state index in [1.54, 1.807) is 41.1 Å². The predicted octanol–water partition coefficient (Wildman–Crippen LogP) is 7.55. The second-order valence-corrected chi connectivity index (χ2v) is 20.2. The van der Waals surface area contributed by atoms with Gasteiger partial charge in [-0.3, -0.25) is 19.2 Å². The summed E-state index contributed by atoms with van der Waals surface area (Å²) >= 11 is 1.91. The fraction of sp³-hybridized carbons (Fsp3) is 0.745. The van der Waals surface area contributed by atoms with Gasteiger partial charge in [-0.15, -0.1) is 0 Å². The molecule has 2 bridgehead atoms. The fourth-order valence-electron chi connectivity index (χ4n) is 10.2. The molecule has 3 aliphatic heterocycles. The molecule has 0 spiro atoms. The summed E-state index contributed by atoms with van der Waals surface area (Å²) in [4.78, 5) is 72.0. The first-order valence-corrected chi connectivity index (χ1v) is 24.9. The average Bonchev–Trinajstić information content (AvgIpc) is 3.30. The molecule has 14 nitrogen and oxygen atoms in total. The molecular weight excluding hydrogens is 961 g/mol. The molecular formula is C51H78INO13. The van der Waals surface area contributed by atoms with E-state index in [4.69, 9.17) is 26.8 Å². The molecule has 4 aliphatic rings. The molecule has 3 fully saturated rings. The van der Waals surface area contributed by atoms with Gasteiger partial charge in [0.2, 0.25) is 5.79 Å². The minimum absolute atomic E-state index is 0.0243. The van der Waals surface area contributed by atoms with E-state index < -0.39 is 77.8 Å². The highest BCUT2D eigenvalue weighted by molar-refractivity contribution is 14.1. The van der Waals surface area contributed by atoms with Gasteiger partial charge in [-0.05, 0) is 107 Å². The number of cyclic esters (lactones) is 1. The smallest absolute Gasteiger partial charge is 0.329 e. The Hall–Kier alpha value is -2.64. The van der Waals surface area contributed by atoms with Crippen LogP contribution in [0.4, 0.5) is 0 Å². The van der Waals surface area contributed by atoms with Crippen LogP contribution in [0.1, 0.15) is 126 Å². The quantitative estimate of drug-likeness (QED) is 0.110. The predicted molar refractivity (Wildman–Crippen MR) is 258 cm³/mol. The number of aliphatic hydroxyl groups is 2. The molecule has 0 unspecified atom stereocenters. The van der Waals surface area contributed by atoms with Crippen molar-refractivity contribution in [3.05, 3.63) is 47.6 Å². The number of hydrogen-bond acceptors (Lipinski definition) is 13. The van der Waals surface area contributed by atoms with E-state index >= 15 is 0 Å². The van der Waals surface area contributed by atoms with Crippen LogP contribution < -0.4 is 0 Å². The lowest BCUT2D eigenvalue weighted by Gasteiger charge is -2.42. The van der Waals surface area contributed by atoms with Crippen molar-refractivity contribution in [1.29, 1.82) is 0 Å². The number of methoxy groups -OCH3 is 3. The standard InChI is InChI=1S/C51H78INO13/c1-30-16-12-11-13-17-31(2)42(61-8)28-38-21-19-36(7)51(60,65-38)48(57)49(58)53-23-15-14-18-39(53)50(59)64-43(33(4)26-37-20-22-41(66-52)44(27-37)62-9)29-40(54)32(3)25-35(6)46(56)47(63-10)45(55)34(5)24-30/h11-13,16-17,25,30,32-34,36-39,41-44,46-47,56,60H,14-15,18-24,26-29H2,1-10H3/b13-11+,16-12+,31-17+,35-25+/t30-,32-,33-,34-,36-,37+,38+,39+,41-,42+,43+,44-,46-,47+,51-/m1/s1. The van der Waals surface area contributed by atoms with E-state index in [1.165, 1.54) is 12.0 Å². The number of carbonyl (C=O) groups excluding carboxylic acids is 5. The first kappa shape index (κ1) is 56.0. The third-order valence-electron chi connectivity index (χ3n) is 14.6. The van der Waals surface area contributed by atoms with Crippen LogP contribution in [-0.4, -0.2) is 127 Å². The second kappa shape index (κ2) is 26.4. The van der Waals surface area contributed by atoms with Crippen molar-refractivity contribution in [2.24, 2.45) is 35.5 Å². The molecule has 1 amide bonds. The normalized spacial score (nSPS) is 40.0. The van der Waals surface area contributed by atoms with Gasteiger partial charge in [-0.25, -0.2) is 4.79 Å². The number of piperidine rings is 1. The number of halogens is 1. The summed E-state index contributed by atoms with van der Waals surface area (Å²) in [6, 6.07) is -1.12. The number of ketones is 3. The zero-order chi connectivity index (χ0) is 48.9. The minimum Gasteiger partial charge on any atom is -0.460 e. The highest BCUT2D eigenvalue weighted by Gasteiger charge is 2.53. The maximum atomic E-state index is 14.4. The summed E-state index contributed by atoms with van der Waals surface area (Å²) in [5.41, 5.74) is 1.28. The van der Waals surface area contributed by atoms with Crippen LogP contribution in [0.3, 0.4) is 0 Å². The first-order chi connectivity index (χ1) is 31.3. The third-order valence-corrected chi connectivity index (χ3v) is 15.2. The number of fused-ring (bicyclic) bond motifs is 3. The largest absolute Gasteiger partial charge is 0.460 e. The van der Waals surface area contributed by atoms with Crippen LogP contribution in [0.2, 0.25) is 0 Å². The topological polar surface area (TPSA) is 184 Å². The van der Waals surface area contributed by atoms with Gasteiger partial charge in [0.05, 0.1) is 24.4 Å². The number of esters is 1. The van der Waals surface area contributed by atoms with Gasteiger partial charge < -0.3 is 41.9 Å². The Morgan fingerprint density at radius 3 is 2.26 bits per heavy atom. The van der Waals surface area contributed by atoms with E-state index in [0.29, 0.717) is 50.5 Å². The van der Waals surface area contributed by atoms with Gasteiger partial charge in [-0.1, -0.05) is 71.1 Å². The second-order valence-electron chi connectivity index (χ2n) is 19.7. The zero-order valence-corrected chi connectivity index (χ0v) is 43.1. The van der Waals surface area contributed by atoms with Gasteiger partial charge in [-0.2, -0.15) is 0 Å². The molecule has 1 saturated carbocycles. The van der Waals surface area contributed by atoms with E-state index in [2.05, 4.69) is 0 Å². The minimum atomic E-state index is -2.42. The molecule has 0 aromatic carbocycles. The molecule has 66 heavy (non-hydrogen) atoms. The molecule has 2 saturated heterocycles. The Kier molecular flexibility index (Phi) is 22.4. The summed E-state index contributed by atoms with van der Waals surface area (Å²) < 4.78 is 35.3. The number of hydrogen-bond donors (Lipinski definition) is 2. The van der Waals surface area contributed by atoms with Crippen LogP contribution in [0.25, 0.3) is 0 Å². The molecule has 15 atom stereocenters. The lowest BCUT2D eigenvalue weighted by atomic mass is 9.78. The monoisotopic (exact) mass is 1040 g/mol. The van der Waals surface area contributed by atoms with Crippen LogP contribution in [0, 0.1) is 35.5 Å². The summed E-state index contributed by atoms with van der Waals surface area (Å²) in [6.45, 7) is 12.8. The molecule has 15 heteroatoms. The Balaban J connectivity index is 1.70. The van der Waals surface area contributed by atoms with E-state index in [1.807, 2.05) is 81.1 Å². The molecule has 3 heterocycles. The molecule has 2 N–H and O–H groups in total. The Labute approximate surface area is 407 Å². The van der Waals surface area contributed by atoms with Crippen LogP contribution >= 0.6 is 23.0 Å². The van der Waals surface area contributed by atoms with E-state index in [-0.39, 0.29) is 60.9 Å². The Morgan fingerprint density at radius 2 is 1.59 bits per heavy atom. The first-order valence-electron chi connectivity index (χ1n) is 24.1. The number of allylic oxidation sites excluding steroid dienone is 6. The summed E-state index contributed by atoms with van der Waals surface area (Å²) in [5, 5.41) is 23.4. The Morgan fingerprint density at radius 1 is 0.864 bits per heavy atom. The number of ether oxygens (including phenoxy) is 5. The van der Waals surface area contributed by atoms with Gasteiger partial charge in [0.25, 0.3) is 11.7 Å². The van der Waals surface area contributed by atoms with Crippen LogP contribution in [0.15, 0.2) is 47.6 Å². The highest BCUT2D eigenvalue weighted by Crippen LogP contribution is 2.38. The van der Waals surface area contributed by atoms with Crippen molar-refractivity contribution in [2.45, 2.75) is 180 Å². The summed E-state index contributed by atoms with van der Waals surface area (Å²) in [6.07, 6.45) is 12.7. The zero-order valence-electron chi connectivity index (χ0n) is 40.9. The van der Waals surface area contributed by atoms with E-state index in [9.17, 15) is 34.2 Å². The van der Waals surface area contributed by atoms with Gasteiger partial charge >= 0.3 is 5.97 Å². The fourth-order valence-corrected chi connectivity index (χ4v) is 10.8. The lowest BCUT2D eigenvalue weighted by molar-refractivity contribution is -0.265. The summed E-state index contributed by atoms with van der Waals surface area (Å²) in [5.74, 6) is -7.73.